The minimum absolute atomic E-state index is 0.115. The van der Waals surface area contributed by atoms with Gasteiger partial charge < -0.3 is 25.0 Å². The molecule has 218 valence electrons. The molecule has 2 aliphatic heterocycles. The molecule has 0 saturated carbocycles. The van der Waals surface area contributed by atoms with Gasteiger partial charge in [-0.1, -0.05) is 24.6 Å². The average Bonchev–Trinajstić information content (AvgIpc) is 2.93. The number of carbonyl (C=O) groups excluding carboxylic acids is 2. The van der Waals surface area contributed by atoms with Crippen molar-refractivity contribution in [1.29, 1.82) is 0 Å². The van der Waals surface area contributed by atoms with Gasteiger partial charge in [0.15, 0.2) is 0 Å². The molecule has 8 nitrogen and oxygen atoms in total. The maximum absolute atomic E-state index is 13.7. The number of likely N-dealkylation sites (tertiary alicyclic amines) is 1. The van der Waals surface area contributed by atoms with E-state index in [2.05, 4.69) is 52.7 Å². The third-order valence-electron chi connectivity index (χ3n) is 7.98. The molecule has 0 aliphatic carbocycles. The molecule has 0 radical (unpaired) electrons. The third kappa shape index (κ3) is 7.76. The van der Waals surface area contributed by atoms with Crippen molar-refractivity contribution >= 4 is 11.8 Å². The highest BCUT2D eigenvalue weighted by Gasteiger charge is 2.41. The summed E-state index contributed by atoms with van der Waals surface area (Å²) in [6, 6.07) is 13.6. The number of amides is 2. The normalized spacial score (nSPS) is 20.7. The van der Waals surface area contributed by atoms with Crippen LogP contribution in [-0.2, 0) is 17.9 Å². The van der Waals surface area contributed by atoms with Crippen molar-refractivity contribution in [2.24, 2.45) is 5.41 Å². The maximum atomic E-state index is 13.7. The molecule has 0 bridgehead atoms. The van der Waals surface area contributed by atoms with E-state index in [-0.39, 0.29) is 17.9 Å². The minimum Gasteiger partial charge on any atom is -0.494 e. The van der Waals surface area contributed by atoms with Crippen LogP contribution in [0.1, 0.15) is 67.4 Å². The molecule has 0 unspecified atom stereocenters. The van der Waals surface area contributed by atoms with Gasteiger partial charge in [-0.05, 0) is 96.5 Å². The Bertz CT molecular complexity index is 1140. The average molecular weight is 551 g/mol. The molecular formula is C32H46N4O4. The number of benzene rings is 2. The zero-order valence-corrected chi connectivity index (χ0v) is 24.6. The van der Waals surface area contributed by atoms with E-state index in [9.17, 15) is 9.59 Å². The molecule has 0 aromatic heterocycles. The van der Waals surface area contributed by atoms with E-state index in [0.717, 1.165) is 64.0 Å². The van der Waals surface area contributed by atoms with E-state index < -0.39 is 5.41 Å². The fraction of sp³-hybridized carbons (Fsp3) is 0.562. The molecule has 2 N–H and O–H groups in total. The highest BCUT2D eigenvalue weighted by atomic mass is 16.5. The van der Waals surface area contributed by atoms with Crippen LogP contribution in [0.25, 0.3) is 0 Å². The van der Waals surface area contributed by atoms with E-state index in [4.69, 9.17) is 9.47 Å². The second kappa shape index (κ2) is 14.0. The van der Waals surface area contributed by atoms with Gasteiger partial charge in [0, 0.05) is 25.2 Å². The number of fused-ring (bicyclic) bond motifs is 1. The van der Waals surface area contributed by atoms with Crippen LogP contribution in [0.4, 0.5) is 0 Å². The van der Waals surface area contributed by atoms with Gasteiger partial charge in [0.05, 0.1) is 23.6 Å². The molecule has 2 amide bonds. The number of rotatable bonds is 6. The first kappa shape index (κ1) is 29.9. The van der Waals surface area contributed by atoms with Crippen molar-refractivity contribution in [3.63, 3.8) is 0 Å². The molecule has 2 aromatic rings. The Kier molecular flexibility index (Phi) is 10.5. The van der Waals surface area contributed by atoms with Gasteiger partial charge >= 0.3 is 0 Å². The zero-order chi connectivity index (χ0) is 28.5. The Balaban J connectivity index is 1.41. The summed E-state index contributed by atoms with van der Waals surface area (Å²) in [5, 5.41) is 6.27. The highest BCUT2D eigenvalue weighted by molar-refractivity contribution is 5.96. The van der Waals surface area contributed by atoms with Crippen LogP contribution in [0.15, 0.2) is 42.5 Å². The fourth-order valence-corrected chi connectivity index (χ4v) is 5.78. The SMILES string of the molecule is CCOc1ccc(CN2CCC3(CCCCNC(=O)c4ccccc4OC[C@@H](C)NC3=O)CC2)cc1CN(C)C. The van der Waals surface area contributed by atoms with Crippen LogP contribution in [0.3, 0.4) is 0 Å². The van der Waals surface area contributed by atoms with Crippen molar-refractivity contribution in [2.75, 3.05) is 46.9 Å². The second-order valence-electron chi connectivity index (χ2n) is 11.6. The van der Waals surface area contributed by atoms with Crippen LogP contribution in [0, 0.1) is 5.41 Å². The number of nitrogens with zero attached hydrogens (tertiary/aromatic N) is 2. The van der Waals surface area contributed by atoms with Crippen LogP contribution in [-0.4, -0.2) is 74.6 Å². The zero-order valence-electron chi connectivity index (χ0n) is 24.6. The predicted molar refractivity (Wildman–Crippen MR) is 158 cm³/mol. The molecule has 4 rings (SSSR count). The smallest absolute Gasteiger partial charge is 0.255 e. The summed E-state index contributed by atoms with van der Waals surface area (Å²) in [6.07, 6.45) is 4.20. The summed E-state index contributed by atoms with van der Waals surface area (Å²) in [5.41, 5.74) is 2.61. The fourth-order valence-electron chi connectivity index (χ4n) is 5.78. The lowest BCUT2D eigenvalue weighted by Crippen LogP contribution is -2.51. The number of carbonyl (C=O) groups is 2. The Morgan fingerprint density at radius 2 is 1.85 bits per heavy atom. The summed E-state index contributed by atoms with van der Waals surface area (Å²) in [6.45, 7) is 8.97. The van der Waals surface area contributed by atoms with Gasteiger partial charge in [-0.15, -0.1) is 0 Å². The van der Waals surface area contributed by atoms with E-state index in [1.54, 1.807) is 12.1 Å². The van der Waals surface area contributed by atoms with Gasteiger partial charge in [-0.25, -0.2) is 0 Å². The van der Waals surface area contributed by atoms with Gasteiger partial charge in [0.25, 0.3) is 5.91 Å². The van der Waals surface area contributed by atoms with E-state index in [1.807, 2.05) is 26.0 Å². The molecule has 2 heterocycles. The third-order valence-corrected chi connectivity index (χ3v) is 7.98. The van der Waals surface area contributed by atoms with Crippen LogP contribution >= 0.6 is 0 Å². The first-order valence-corrected chi connectivity index (χ1v) is 14.7. The predicted octanol–water partition coefficient (Wildman–Crippen LogP) is 4.23. The molecule has 1 spiro atoms. The summed E-state index contributed by atoms with van der Waals surface area (Å²) in [4.78, 5) is 31.1. The molecule has 1 atom stereocenters. The molecule has 1 saturated heterocycles. The Morgan fingerprint density at radius 3 is 2.60 bits per heavy atom. The lowest BCUT2D eigenvalue weighted by molar-refractivity contribution is -0.135. The van der Waals surface area contributed by atoms with Crippen molar-refractivity contribution in [1.82, 2.24) is 20.4 Å². The molecule has 8 heteroatoms. The monoisotopic (exact) mass is 550 g/mol. The molecule has 2 aliphatic rings. The Morgan fingerprint density at radius 1 is 1.07 bits per heavy atom. The first-order valence-electron chi connectivity index (χ1n) is 14.7. The van der Waals surface area contributed by atoms with Crippen molar-refractivity contribution in [3.8, 4) is 11.5 Å². The number of hydrogen-bond donors (Lipinski definition) is 2. The highest BCUT2D eigenvalue weighted by Crippen LogP contribution is 2.38. The number of hydrogen-bond acceptors (Lipinski definition) is 6. The number of nitrogens with one attached hydrogen (secondary N) is 2. The summed E-state index contributed by atoms with van der Waals surface area (Å²) in [7, 11) is 4.15. The lowest BCUT2D eigenvalue weighted by Gasteiger charge is -2.41. The van der Waals surface area contributed by atoms with Gasteiger partial charge in [0.2, 0.25) is 5.91 Å². The van der Waals surface area contributed by atoms with E-state index in [0.29, 0.717) is 31.1 Å². The van der Waals surface area contributed by atoms with Crippen LogP contribution < -0.4 is 20.1 Å². The van der Waals surface area contributed by atoms with Gasteiger partial charge in [-0.2, -0.15) is 0 Å². The molecule has 1 fully saturated rings. The number of para-hydroxylation sites is 1. The number of piperidine rings is 1. The summed E-state index contributed by atoms with van der Waals surface area (Å²) >= 11 is 0. The Labute approximate surface area is 239 Å². The second-order valence-corrected chi connectivity index (χ2v) is 11.6. The Hall–Kier alpha value is -3.10. The van der Waals surface area contributed by atoms with Crippen molar-refractivity contribution in [2.45, 2.75) is 65.1 Å². The standard InChI is InChI=1S/C32H46N4O4/c1-5-39-28-13-12-25(20-26(28)22-35(3)4)21-36-18-15-32(16-19-36)14-8-9-17-33-30(37)27-10-6-7-11-29(27)40-23-24(2)34-31(32)38/h6-7,10-13,20,24H,5,8-9,14-19,21-23H2,1-4H3,(H,33,37)(H,34,38)/t24-/m1/s1. The van der Waals surface area contributed by atoms with Crippen molar-refractivity contribution < 1.29 is 19.1 Å². The quantitative estimate of drug-likeness (QED) is 0.560. The van der Waals surface area contributed by atoms with Gasteiger partial charge in [-0.3, -0.25) is 14.5 Å². The first-order chi connectivity index (χ1) is 19.3. The molecule has 2 aromatic carbocycles. The van der Waals surface area contributed by atoms with E-state index in [1.165, 1.54) is 11.1 Å². The molecular weight excluding hydrogens is 504 g/mol. The lowest BCUT2D eigenvalue weighted by atomic mass is 9.73. The van der Waals surface area contributed by atoms with Crippen LogP contribution in [0.2, 0.25) is 0 Å². The summed E-state index contributed by atoms with van der Waals surface area (Å²) in [5.74, 6) is 1.51. The minimum atomic E-state index is -0.397. The van der Waals surface area contributed by atoms with E-state index >= 15 is 0 Å². The largest absolute Gasteiger partial charge is 0.494 e. The van der Waals surface area contributed by atoms with Crippen molar-refractivity contribution in [3.05, 3.63) is 59.2 Å². The van der Waals surface area contributed by atoms with Crippen LogP contribution in [0.5, 0.6) is 11.5 Å². The maximum Gasteiger partial charge on any atom is 0.255 e. The van der Waals surface area contributed by atoms with Gasteiger partial charge in [0.1, 0.15) is 18.1 Å². The summed E-state index contributed by atoms with van der Waals surface area (Å²) < 4.78 is 11.8. The molecule has 40 heavy (non-hydrogen) atoms. The topological polar surface area (TPSA) is 83.1 Å². The number of ether oxygens (including phenoxy) is 2.